The van der Waals surface area contributed by atoms with E-state index in [0.717, 1.165) is 5.56 Å². The highest BCUT2D eigenvalue weighted by Gasteiger charge is 2.11. The second kappa shape index (κ2) is 6.80. The Kier molecular flexibility index (Phi) is 5.29. The van der Waals surface area contributed by atoms with Crippen molar-refractivity contribution in [2.45, 2.75) is 19.4 Å². The minimum absolute atomic E-state index is 0.347. The molecule has 3 nitrogen and oxygen atoms in total. The van der Waals surface area contributed by atoms with Crippen LogP contribution in [0.25, 0.3) is 6.08 Å². The molecule has 0 amide bonds. The highest BCUT2D eigenvalue weighted by atomic mass is 16.5. The number of carbonyl (C=O) groups excluding carboxylic acids is 1. The highest BCUT2D eigenvalue weighted by molar-refractivity contribution is 5.75. The van der Waals surface area contributed by atoms with E-state index in [1.807, 2.05) is 42.5 Å². The predicted molar refractivity (Wildman–Crippen MR) is 64.7 cm³/mol. The summed E-state index contributed by atoms with van der Waals surface area (Å²) in [5.41, 5.74) is 6.74. The van der Waals surface area contributed by atoms with Crippen molar-refractivity contribution in [1.29, 1.82) is 0 Å². The molecule has 86 valence electrons. The van der Waals surface area contributed by atoms with Crippen molar-refractivity contribution in [2.24, 2.45) is 5.73 Å². The number of benzene rings is 1. The normalized spacial score (nSPS) is 12.6. The average Bonchev–Trinajstić information content (AvgIpc) is 2.30. The molecule has 0 fully saturated rings. The van der Waals surface area contributed by atoms with Gasteiger partial charge in [0.1, 0.15) is 6.04 Å². The number of esters is 1. The number of hydrogen-bond acceptors (Lipinski definition) is 3. The fraction of sp³-hybridized carbons (Fsp3) is 0.308. The van der Waals surface area contributed by atoms with E-state index in [9.17, 15) is 4.79 Å². The molecule has 3 heteroatoms. The van der Waals surface area contributed by atoms with Crippen LogP contribution in [-0.4, -0.2) is 18.6 Å². The maximum atomic E-state index is 11.2. The number of hydrogen-bond donors (Lipinski definition) is 1. The Morgan fingerprint density at radius 2 is 2.12 bits per heavy atom. The zero-order valence-electron chi connectivity index (χ0n) is 9.43. The summed E-state index contributed by atoms with van der Waals surface area (Å²) in [5.74, 6) is -0.347. The van der Waals surface area contributed by atoms with Crippen LogP contribution >= 0.6 is 0 Å². The minimum Gasteiger partial charge on any atom is -0.465 e. The smallest absolute Gasteiger partial charge is 0.323 e. The Morgan fingerprint density at radius 1 is 1.44 bits per heavy atom. The molecule has 1 aromatic rings. The summed E-state index contributed by atoms with van der Waals surface area (Å²) in [4.78, 5) is 11.2. The lowest BCUT2D eigenvalue weighted by molar-refractivity contribution is -0.144. The van der Waals surface area contributed by atoms with E-state index < -0.39 is 6.04 Å². The van der Waals surface area contributed by atoms with Gasteiger partial charge in [0.2, 0.25) is 0 Å². The van der Waals surface area contributed by atoms with Gasteiger partial charge in [-0.25, -0.2) is 0 Å². The van der Waals surface area contributed by atoms with Crippen molar-refractivity contribution in [1.82, 2.24) is 0 Å². The van der Waals surface area contributed by atoms with Crippen LogP contribution in [-0.2, 0) is 9.53 Å². The van der Waals surface area contributed by atoms with Crippen molar-refractivity contribution < 1.29 is 9.53 Å². The summed E-state index contributed by atoms with van der Waals surface area (Å²) >= 11 is 0. The van der Waals surface area contributed by atoms with Crippen LogP contribution in [0, 0.1) is 0 Å². The molecule has 0 aliphatic carbocycles. The van der Waals surface area contributed by atoms with Gasteiger partial charge in [-0.2, -0.15) is 0 Å². The summed E-state index contributed by atoms with van der Waals surface area (Å²) in [6, 6.07) is 9.30. The highest BCUT2D eigenvalue weighted by Crippen LogP contribution is 2.03. The summed E-state index contributed by atoms with van der Waals surface area (Å²) in [6.45, 7) is 2.14. The van der Waals surface area contributed by atoms with Gasteiger partial charge in [-0.3, -0.25) is 4.79 Å². The van der Waals surface area contributed by atoms with Crippen LogP contribution in [0.1, 0.15) is 18.9 Å². The van der Waals surface area contributed by atoms with Crippen LogP contribution < -0.4 is 5.73 Å². The number of carbonyl (C=O) groups is 1. The Balaban J connectivity index is 2.40. The molecule has 0 saturated heterocycles. The lowest BCUT2D eigenvalue weighted by Crippen LogP contribution is -2.31. The average molecular weight is 219 g/mol. The lowest BCUT2D eigenvalue weighted by atomic mass is 10.1. The molecule has 0 aliphatic heterocycles. The molecule has 1 rings (SSSR count). The van der Waals surface area contributed by atoms with Crippen LogP contribution in [0.5, 0.6) is 0 Å². The molecule has 0 unspecified atom stereocenters. The molecular weight excluding hydrogens is 202 g/mol. The largest absolute Gasteiger partial charge is 0.465 e. The standard InChI is InChI=1S/C13H17NO2/c1-2-16-13(15)12(14)10-6-9-11-7-4-3-5-8-11/h3-9,12H,2,10,14H2,1H3/t12-/m0/s1. The van der Waals surface area contributed by atoms with Gasteiger partial charge in [0.25, 0.3) is 0 Å². The fourth-order valence-electron chi connectivity index (χ4n) is 1.26. The first kappa shape index (κ1) is 12.5. The molecule has 0 spiro atoms. The van der Waals surface area contributed by atoms with Crippen LogP contribution in [0.15, 0.2) is 36.4 Å². The molecule has 1 atom stereocenters. The first-order valence-electron chi connectivity index (χ1n) is 5.38. The summed E-state index contributed by atoms with van der Waals surface area (Å²) in [6.07, 6.45) is 4.32. The topological polar surface area (TPSA) is 52.3 Å². The van der Waals surface area contributed by atoms with Gasteiger partial charge in [-0.05, 0) is 18.9 Å². The third-order valence-electron chi connectivity index (χ3n) is 2.09. The van der Waals surface area contributed by atoms with Gasteiger partial charge in [0.05, 0.1) is 6.61 Å². The Morgan fingerprint density at radius 3 is 2.75 bits per heavy atom. The summed E-state index contributed by atoms with van der Waals surface area (Å²) in [5, 5.41) is 0. The van der Waals surface area contributed by atoms with Crippen LogP contribution in [0.3, 0.4) is 0 Å². The van der Waals surface area contributed by atoms with E-state index >= 15 is 0 Å². The third kappa shape index (κ3) is 4.28. The molecule has 1 aromatic carbocycles. The molecule has 0 saturated carbocycles. The van der Waals surface area contributed by atoms with Gasteiger partial charge in [0.15, 0.2) is 0 Å². The monoisotopic (exact) mass is 219 g/mol. The molecular formula is C13H17NO2. The third-order valence-corrected chi connectivity index (χ3v) is 2.09. The second-order valence-corrected chi connectivity index (χ2v) is 3.41. The zero-order chi connectivity index (χ0) is 11.8. The van der Waals surface area contributed by atoms with Crippen molar-refractivity contribution in [3.63, 3.8) is 0 Å². The SMILES string of the molecule is CCOC(=O)[C@@H](N)CC=Cc1ccccc1. The number of rotatable bonds is 5. The molecule has 2 N–H and O–H groups in total. The van der Waals surface area contributed by atoms with E-state index in [4.69, 9.17) is 10.5 Å². The van der Waals surface area contributed by atoms with E-state index in [2.05, 4.69) is 0 Å². The van der Waals surface area contributed by atoms with E-state index in [1.165, 1.54) is 0 Å². The Labute approximate surface area is 95.9 Å². The van der Waals surface area contributed by atoms with Gasteiger partial charge < -0.3 is 10.5 Å². The van der Waals surface area contributed by atoms with Crippen molar-refractivity contribution >= 4 is 12.0 Å². The van der Waals surface area contributed by atoms with Crippen LogP contribution in [0.4, 0.5) is 0 Å². The van der Waals surface area contributed by atoms with E-state index in [-0.39, 0.29) is 5.97 Å². The Hall–Kier alpha value is -1.61. The van der Waals surface area contributed by atoms with Crippen molar-refractivity contribution in [2.75, 3.05) is 6.61 Å². The first-order valence-corrected chi connectivity index (χ1v) is 5.38. The molecule has 16 heavy (non-hydrogen) atoms. The van der Waals surface area contributed by atoms with Gasteiger partial charge >= 0.3 is 5.97 Å². The zero-order valence-corrected chi connectivity index (χ0v) is 9.43. The Bertz CT molecular complexity index is 346. The first-order chi connectivity index (χ1) is 7.74. The van der Waals surface area contributed by atoms with Crippen LogP contribution in [0.2, 0.25) is 0 Å². The molecule has 0 aliphatic rings. The van der Waals surface area contributed by atoms with Gasteiger partial charge in [0, 0.05) is 0 Å². The van der Waals surface area contributed by atoms with Gasteiger partial charge in [-0.15, -0.1) is 0 Å². The van der Waals surface area contributed by atoms with Crippen molar-refractivity contribution in [3.8, 4) is 0 Å². The number of ether oxygens (including phenoxy) is 1. The van der Waals surface area contributed by atoms with E-state index in [0.29, 0.717) is 13.0 Å². The predicted octanol–water partition coefficient (Wildman–Crippen LogP) is 1.98. The number of nitrogens with two attached hydrogens (primary N) is 1. The maximum absolute atomic E-state index is 11.2. The molecule has 0 radical (unpaired) electrons. The van der Waals surface area contributed by atoms with Gasteiger partial charge in [-0.1, -0.05) is 42.5 Å². The van der Waals surface area contributed by atoms with E-state index in [1.54, 1.807) is 6.92 Å². The second-order valence-electron chi connectivity index (χ2n) is 3.41. The molecule has 0 bridgehead atoms. The fourth-order valence-corrected chi connectivity index (χ4v) is 1.26. The van der Waals surface area contributed by atoms with Crippen molar-refractivity contribution in [3.05, 3.63) is 42.0 Å². The quantitative estimate of drug-likeness (QED) is 0.770. The molecule has 0 heterocycles. The lowest BCUT2D eigenvalue weighted by Gasteiger charge is -2.07. The summed E-state index contributed by atoms with van der Waals surface area (Å²) in [7, 11) is 0. The molecule has 0 aromatic heterocycles. The summed E-state index contributed by atoms with van der Waals surface area (Å²) < 4.78 is 4.81. The maximum Gasteiger partial charge on any atom is 0.323 e. The minimum atomic E-state index is -0.570.